The second-order valence-electron chi connectivity index (χ2n) is 6.72. The Bertz CT molecular complexity index is 1090. The Balaban J connectivity index is 1.82. The second kappa shape index (κ2) is 9.45. The van der Waals surface area contributed by atoms with Gasteiger partial charge in [0.2, 0.25) is 5.43 Å². The van der Waals surface area contributed by atoms with E-state index in [9.17, 15) is 18.0 Å². The van der Waals surface area contributed by atoms with Gasteiger partial charge in [-0.1, -0.05) is 23.7 Å². The van der Waals surface area contributed by atoms with E-state index < -0.39 is 6.36 Å². The van der Waals surface area contributed by atoms with E-state index in [4.69, 9.17) is 21.4 Å². The molecule has 0 saturated carbocycles. The van der Waals surface area contributed by atoms with E-state index in [1.54, 1.807) is 31.2 Å². The van der Waals surface area contributed by atoms with Crippen molar-refractivity contribution in [1.29, 1.82) is 0 Å². The predicted molar refractivity (Wildman–Crippen MR) is 111 cm³/mol. The van der Waals surface area contributed by atoms with Gasteiger partial charge in [0.25, 0.3) is 0 Å². The van der Waals surface area contributed by atoms with Gasteiger partial charge in [-0.25, -0.2) is 0 Å². The minimum Gasteiger partial charge on any atom is -0.457 e. The molecule has 1 aromatic heterocycles. The maximum absolute atomic E-state index is 12.7. The fraction of sp³-hybridized carbons (Fsp3) is 0.227. The molecule has 5 nitrogen and oxygen atoms in total. The van der Waals surface area contributed by atoms with Gasteiger partial charge in [-0.15, -0.1) is 13.2 Å². The number of alkyl halides is 3. The van der Waals surface area contributed by atoms with Crippen LogP contribution in [0, 0.1) is 6.92 Å². The average molecular weight is 454 g/mol. The number of aromatic amines is 1. The minimum atomic E-state index is -4.76. The van der Waals surface area contributed by atoms with E-state index in [-0.39, 0.29) is 22.8 Å². The Kier molecular flexibility index (Phi) is 6.92. The molecule has 2 aromatic carbocycles. The Morgan fingerprint density at radius 1 is 1.00 bits per heavy atom. The maximum Gasteiger partial charge on any atom is 0.573 e. The molecule has 0 radical (unpaired) electrons. The Labute approximate surface area is 181 Å². The highest BCUT2D eigenvalue weighted by molar-refractivity contribution is 6.31. The van der Waals surface area contributed by atoms with E-state index in [2.05, 4.69) is 9.72 Å². The first-order chi connectivity index (χ1) is 14.7. The van der Waals surface area contributed by atoms with Crippen molar-refractivity contribution >= 4 is 11.6 Å². The number of aliphatic hydroxyl groups is 1. The third-order valence-electron chi connectivity index (χ3n) is 4.42. The van der Waals surface area contributed by atoms with Crippen LogP contribution in [0.4, 0.5) is 13.2 Å². The molecule has 0 atom stereocenters. The second-order valence-corrected chi connectivity index (χ2v) is 7.10. The zero-order chi connectivity index (χ0) is 22.6. The number of aromatic nitrogens is 1. The van der Waals surface area contributed by atoms with Crippen molar-refractivity contribution < 1.29 is 27.8 Å². The molecule has 0 aliphatic rings. The van der Waals surface area contributed by atoms with Gasteiger partial charge >= 0.3 is 6.36 Å². The molecule has 0 fully saturated rings. The number of pyridine rings is 1. The third kappa shape index (κ3) is 5.80. The van der Waals surface area contributed by atoms with Crippen LogP contribution in [0.1, 0.15) is 17.8 Å². The van der Waals surface area contributed by atoms with Crippen LogP contribution in [-0.2, 0) is 6.42 Å². The fourth-order valence-corrected chi connectivity index (χ4v) is 3.19. The first-order valence-corrected chi connectivity index (χ1v) is 9.72. The molecule has 2 N–H and O–H groups in total. The summed E-state index contributed by atoms with van der Waals surface area (Å²) < 4.78 is 46.2. The zero-order valence-electron chi connectivity index (χ0n) is 16.4. The molecule has 9 heteroatoms. The molecule has 1 heterocycles. The summed E-state index contributed by atoms with van der Waals surface area (Å²) in [7, 11) is 0. The van der Waals surface area contributed by atoms with Crippen molar-refractivity contribution in [2.75, 3.05) is 6.61 Å². The summed E-state index contributed by atoms with van der Waals surface area (Å²) >= 11 is 6.13. The van der Waals surface area contributed by atoms with Gasteiger partial charge in [0, 0.05) is 18.0 Å². The molecular weight excluding hydrogens is 435 g/mol. The first kappa shape index (κ1) is 22.7. The fourth-order valence-electron chi connectivity index (χ4n) is 3.04. The monoisotopic (exact) mass is 453 g/mol. The lowest BCUT2D eigenvalue weighted by Crippen LogP contribution is -2.16. The predicted octanol–water partition coefficient (Wildman–Crippen LogP) is 5.62. The van der Waals surface area contributed by atoms with Crippen LogP contribution in [-0.4, -0.2) is 23.1 Å². The quantitative estimate of drug-likeness (QED) is 0.487. The van der Waals surface area contributed by atoms with Crippen LogP contribution < -0.4 is 14.9 Å². The molecule has 0 aliphatic heterocycles. The third-order valence-corrected chi connectivity index (χ3v) is 4.87. The van der Waals surface area contributed by atoms with Crippen LogP contribution in [0.2, 0.25) is 5.02 Å². The van der Waals surface area contributed by atoms with Crippen LogP contribution in [0.3, 0.4) is 0 Å². The van der Waals surface area contributed by atoms with Crippen LogP contribution in [0.5, 0.6) is 17.2 Å². The van der Waals surface area contributed by atoms with Crippen molar-refractivity contribution in [3.8, 4) is 28.4 Å². The molecule has 0 saturated heterocycles. The number of ether oxygens (including phenoxy) is 2. The van der Waals surface area contributed by atoms with E-state index in [1.807, 2.05) is 0 Å². The standard InChI is InChI=1S/C22H19ClF3NO4/c1-13-20(23)21(29)19(18(27-13)3-2-12-28)14-4-6-15(7-5-14)30-16-8-10-17(11-9-16)31-22(24,25)26/h4-11,28H,2-3,12H2,1H3,(H,27,29). The van der Waals surface area contributed by atoms with E-state index in [1.165, 1.54) is 12.1 Å². The summed E-state index contributed by atoms with van der Waals surface area (Å²) in [5.74, 6) is 0.406. The summed E-state index contributed by atoms with van der Waals surface area (Å²) in [6, 6.07) is 11.7. The van der Waals surface area contributed by atoms with Crippen molar-refractivity contribution in [3.05, 3.63) is 75.2 Å². The SMILES string of the molecule is Cc1[nH]c(CCCO)c(-c2ccc(Oc3ccc(OC(F)(F)F)cc3)cc2)c(=O)c1Cl. The largest absolute Gasteiger partial charge is 0.573 e. The molecule has 0 bridgehead atoms. The van der Waals surface area contributed by atoms with Crippen molar-refractivity contribution in [3.63, 3.8) is 0 Å². The lowest BCUT2D eigenvalue weighted by Gasteiger charge is -2.13. The molecule has 0 aliphatic carbocycles. The minimum absolute atomic E-state index is 0.0112. The number of benzene rings is 2. The number of hydrogen-bond donors (Lipinski definition) is 2. The smallest absolute Gasteiger partial charge is 0.457 e. The van der Waals surface area contributed by atoms with Gasteiger partial charge in [0.05, 0.1) is 5.56 Å². The molecule has 164 valence electrons. The number of aryl methyl sites for hydroxylation is 2. The lowest BCUT2D eigenvalue weighted by atomic mass is 10.00. The van der Waals surface area contributed by atoms with E-state index >= 15 is 0 Å². The van der Waals surface area contributed by atoms with Crippen LogP contribution in [0.15, 0.2) is 53.3 Å². The van der Waals surface area contributed by atoms with Gasteiger partial charge in [0.1, 0.15) is 22.3 Å². The highest BCUT2D eigenvalue weighted by atomic mass is 35.5. The van der Waals surface area contributed by atoms with Crippen molar-refractivity contribution in [2.45, 2.75) is 26.1 Å². The molecule has 31 heavy (non-hydrogen) atoms. The highest BCUT2D eigenvalue weighted by Crippen LogP contribution is 2.29. The summed E-state index contributed by atoms with van der Waals surface area (Å²) in [6.07, 6.45) is -3.80. The Morgan fingerprint density at radius 2 is 1.55 bits per heavy atom. The van der Waals surface area contributed by atoms with Crippen molar-refractivity contribution in [1.82, 2.24) is 4.98 Å². The van der Waals surface area contributed by atoms with Crippen molar-refractivity contribution in [2.24, 2.45) is 0 Å². The zero-order valence-corrected chi connectivity index (χ0v) is 17.2. The lowest BCUT2D eigenvalue weighted by molar-refractivity contribution is -0.274. The number of halogens is 4. The van der Waals surface area contributed by atoms with E-state index in [0.717, 1.165) is 12.1 Å². The highest BCUT2D eigenvalue weighted by Gasteiger charge is 2.31. The normalized spacial score (nSPS) is 11.4. The number of rotatable bonds is 7. The van der Waals surface area contributed by atoms with Gasteiger partial charge in [-0.2, -0.15) is 0 Å². The number of nitrogens with one attached hydrogen (secondary N) is 1. The number of aliphatic hydroxyl groups excluding tert-OH is 1. The number of hydrogen-bond acceptors (Lipinski definition) is 4. The topological polar surface area (TPSA) is 71.6 Å². The summed E-state index contributed by atoms with van der Waals surface area (Å²) in [5.41, 5.74) is 1.97. The molecule has 0 spiro atoms. The maximum atomic E-state index is 12.7. The molecule has 3 aromatic rings. The first-order valence-electron chi connectivity index (χ1n) is 9.34. The van der Waals surface area contributed by atoms with Crippen LogP contribution in [0.25, 0.3) is 11.1 Å². The molecule has 3 rings (SSSR count). The Hall–Kier alpha value is -2.97. The summed E-state index contributed by atoms with van der Waals surface area (Å²) in [6.45, 7) is 1.70. The van der Waals surface area contributed by atoms with Gasteiger partial charge in [-0.3, -0.25) is 4.79 Å². The van der Waals surface area contributed by atoms with Gasteiger partial charge < -0.3 is 19.6 Å². The Morgan fingerprint density at radius 3 is 2.10 bits per heavy atom. The van der Waals surface area contributed by atoms with Crippen LogP contribution >= 0.6 is 11.6 Å². The van der Waals surface area contributed by atoms with Gasteiger partial charge in [0.15, 0.2) is 0 Å². The number of H-pyrrole nitrogens is 1. The molecule has 0 unspecified atom stereocenters. The van der Waals surface area contributed by atoms with E-state index in [0.29, 0.717) is 46.9 Å². The average Bonchev–Trinajstić information content (AvgIpc) is 2.72. The molecule has 0 amide bonds. The molecular formula is C22H19ClF3NO4. The van der Waals surface area contributed by atoms with Gasteiger partial charge in [-0.05, 0) is 61.7 Å². The summed E-state index contributed by atoms with van der Waals surface area (Å²) in [4.78, 5) is 15.9. The summed E-state index contributed by atoms with van der Waals surface area (Å²) in [5, 5.41) is 9.23.